The highest BCUT2D eigenvalue weighted by Gasteiger charge is 2.16. The number of nitrogens with one attached hydrogen (secondary N) is 1. The SMILES string of the molecule is CCCCCCCCCCCCCCCCSCCCNCCCCCCCOOOOP(=O)(O)O. The Morgan fingerprint density at radius 2 is 1.08 bits per heavy atom. The van der Waals surface area contributed by atoms with Gasteiger partial charge < -0.3 is 15.1 Å². The van der Waals surface area contributed by atoms with Crippen LogP contribution in [0.15, 0.2) is 0 Å². The minimum atomic E-state index is -4.70. The zero-order chi connectivity index (χ0) is 26.4. The number of thioether (sulfide) groups is 1. The van der Waals surface area contributed by atoms with Gasteiger partial charge in [0.25, 0.3) is 0 Å². The highest BCUT2D eigenvalue weighted by molar-refractivity contribution is 7.99. The number of rotatable bonds is 31. The molecule has 0 radical (unpaired) electrons. The standard InChI is InChI=1S/C26H56NO7PS/c1-2-3-4-5-6-7-8-9-10-11-12-13-17-20-25-36-26-21-23-27-22-18-15-14-16-19-24-31-32-33-34-35(28,29)30/h27H,2-26H2,1H3,(H2,28,29,30). The average Bonchev–Trinajstić information content (AvgIpc) is 2.84. The first-order valence-electron chi connectivity index (χ1n) is 14.5. The number of hydrogen-bond acceptors (Lipinski definition) is 7. The molecule has 0 bridgehead atoms. The van der Waals surface area contributed by atoms with E-state index < -0.39 is 7.82 Å². The van der Waals surface area contributed by atoms with Gasteiger partial charge in [0.15, 0.2) is 0 Å². The van der Waals surface area contributed by atoms with E-state index in [0.29, 0.717) is 0 Å². The molecule has 0 heterocycles. The van der Waals surface area contributed by atoms with Crippen molar-refractivity contribution in [3.05, 3.63) is 0 Å². The van der Waals surface area contributed by atoms with Crippen molar-refractivity contribution in [1.82, 2.24) is 5.32 Å². The van der Waals surface area contributed by atoms with Crippen molar-refractivity contribution in [3.8, 4) is 0 Å². The highest BCUT2D eigenvalue weighted by atomic mass is 32.2. The Morgan fingerprint density at radius 3 is 1.67 bits per heavy atom. The fourth-order valence-electron chi connectivity index (χ4n) is 3.97. The summed E-state index contributed by atoms with van der Waals surface area (Å²) in [6.45, 7) is 4.73. The monoisotopic (exact) mass is 557 g/mol. The molecule has 0 aromatic carbocycles. The normalized spacial score (nSPS) is 12.0. The van der Waals surface area contributed by atoms with Gasteiger partial charge in [0.2, 0.25) is 0 Å². The fraction of sp³-hybridized carbons (Fsp3) is 1.00. The summed E-state index contributed by atoms with van der Waals surface area (Å²) in [5.41, 5.74) is 0. The van der Waals surface area contributed by atoms with Crippen LogP contribution < -0.4 is 5.32 Å². The summed E-state index contributed by atoms with van der Waals surface area (Å²) >= 11 is 2.11. The minimum Gasteiger partial charge on any atom is -0.317 e. The lowest BCUT2D eigenvalue weighted by Crippen LogP contribution is -2.17. The van der Waals surface area contributed by atoms with Gasteiger partial charge in [-0.3, -0.25) is 0 Å². The van der Waals surface area contributed by atoms with Crippen molar-refractivity contribution >= 4 is 19.6 Å². The molecule has 0 atom stereocenters. The molecule has 0 aliphatic rings. The maximum Gasteiger partial charge on any atom is 0.499 e. The van der Waals surface area contributed by atoms with Gasteiger partial charge in [0.05, 0.1) is 6.61 Å². The molecule has 10 heteroatoms. The summed E-state index contributed by atoms with van der Waals surface area (Å²) in [5, 5.41) is 11.3. The van der Waals surface area contributed by atoms with Crippen LogP contribution in [-0.4, -0.2) is 41.0 Å². The van der Waals surface area contributed by atoms with Crippen LogP contribution in [0, 0.1) is 0 Å². The van der Waals surface area contributed by atoms with Gasteiger partial charge in [0, 0.05) is 0 Å². The molecule has 0 aromatic heterocycles. The van der Waals surface area contributed by atoms with Crippen LogP contribution in [0.3, 0.4) is 0 Å². The Balaban J connectivity index is 3.04. The van der Waals surface area contributed by atoms with Crippen molar-refractivity contribution in [1.29, 1.82) is 0 Å². The number of hydrogen-bond donors (Lipinski definition) is 3. The second kappa shape index (κ2) is 29.9. The van der Waals surface area contributed by atoms with Crippen LogP contribution in [0.2, 0.25) is 0 Å². The Kier molecular flexibility index (Phi) is 30.1. The molecule has 0 saturated heterocycles. The third kappa shape index (κ3) is 34.3. The van der Waals surface area contributed by atoms with Crippen LogP contribution in [0.25, 0.3) is 0 Å². The molecule has 0 aliphatic carbocycles. The van der Waals surface area contributed by atoms with E-state index in [4.69, 9.17) is 9.79 Å². The van der Waals surface area contributed by atoms with Gasteiger partial charge in [-0.2, -0.15) is 11.8 Å². The molecule has 0 spiro atoms. The highest BCUT2D eigenvalue weighted by Crippen LogP contribution is 2.35. The van der Waals surface area contributed by atoms with Gasteiger partial charge in [-0.1, -0.05) is 114 Å². The average molecular weight is 558 g/mol. The van der Waals surface area contributed by atoms with E-state index in [-0.39, 0.29) is 6.61 Å². The summed E-state index contributed by atoms with van der Waals surface area (Å²) in [5.74, 6) is 2.58. The van der Waals surface area contributed by atoms with Crippen LogP contribution in [-0.2, 0) is 24.2 Å². The molecule has 3 N–H and O–H groups in total. The number of phosphoric acid groups is 1. The van der Waals surface area contributed by atoms with Crippen LogP contribution in [0.4, 0.5) is 0 Å². The van der Waals surface area contributed by atoms with Gasteiger partial charge in [0.1, 0.15) is 0 Å². The van der Waals surface area contributed by atoms with Crippen LogP contribution in [0.1, 0.15) is 135 Å². The molecule has 8 nitrogen and oxygen atoms in total. The lowest BCUT2D eigenvalue weighted by atomic mass is 10.0. The van der Waals surface area contributed by atoms with Crippen LogP contribution >= 0.6 is 19.6 Å². The Morgan fingerprint density at radius 1 is 0.611 bits per heavy atom. The molecule has 0 aromatic rings. The third-order valence-corrected chi connectivity index (χ3v) is 7.48. The van der Waals surface area contributed by atoms with Gasteiger partial charge >= 0.3 is 7.82 Å². The summed E-state index contributed by atoms with van der Waals surface area (Å²) < 4.78 is 13.9. The maximum absolute atomic E-state index is 10.3. The largest absolute Gasteiger partial charge is 0.499 e. The van der Waals surface area contributed by atoms with Crippen LogP contribution in [0.5, 0.6) is 0 Å². The van der Waals surface area contributed by atoms with Crippen molar-refractivity contribution in [2.24, 2.45) is 0 Å². The van der Waals surface area contributed by atoms with Gasteiger partial charge in [-0.15, -0.1) is 0 Å². The van der Waals surface area contributed by atoms with E-state index in [1.54, 1.807) is 0 Å². The zero-order valence-corrected chi connectivity index (χ0v) is 24.7. The molecule has 0 saturated carbocycles. The van der Waals surface area contributed by atoms with E-state index in [9.17, 15) is 4.57 Å². The van der Waals surface area contributed by atoms with E-state index in [2.05, 4.69) is 43.6 Å². The summed E-state index contributed by atoms with van der Waals surface area (Å²) in [6, 6.07) is 0. The predicted molar refractivity (Wildman–Crippen MR) is 149 cm³/mol. The zero-order valence-electron chi connectivity index (χ0n) is 23.0. The Labute approximate surface area is 225 Å². The predicted octanol–water partition coefficient (Wildman–Crippen LogP) is 8.04. The molecule has 0 unspecified atom stereocenters. The second-order valence-electron chi connectivity index (χ2n) is 9.60. The molecule has 0 amide bonds. The smallest absolute Gasteiger partial charge is 0.317 e. The molecular formula is C26H56NO7PS. The van der Waals surface area contributed by atoms with E-state index >= 15 is 0 Å². The van der Waals surface area contributed by atoms with Crippen molar-refractivity contribution in [2.45, 2.75) is 135 Å². The number of unbranched alkanes of at least 4 members (excludes halogenated alkanes) is 17. The van der Waals surface area contributed by atoms with E-state index in [1.165, 1.54) is 121 Å². The second-order valence-corrected chi connectivity index (χ2v) is 12.0. The van der Waals surface area contributed by atoms with E-state index in [1.807, 2.05) is 0 Å². The Hall–Kier alpha value is 0.300. The van der Waals surface area contributed by atoms with Gasteiger partial charge in [-0.05, 0) is 60.4 Å². The lowest BCUT2D eigenvalue weighted by Gasteiger charge is -2.06. The molecule has 36 heavy (non-hydrogen) atoms. The molecule has 0 aliphatic heterocycles. The van der Waals surface area contributed by atoms with Crippen molar-refractivity contribution < 1.29 is 34.0 Å². The molecule has 0 rings (SSSR count). The quantitative estimate of drug-likeness (QED) is 0.0338. The minimum absolute atomic E-state index is 0.278. The first-order valence-corrected chi connectivity index (χ1v) is 17.2. The molecular weight excluding hydrogens is 501 g/mol. The lowest BCUT2D eigenvalue weighted by molar-refractivity contribution is -0.610. The van der Waals surface area contributed by atoms with Crippen molar-refractivity contribution in [3.63, 3.8) is 0 Å². The Bertz CT molecular complexity index is 472. The fourth-order valence-corrected chi connectivity index (χ4v) is 5.04. The summed E-state index contributed by atoms with van der Waals surface area (Å²) in [6.07, 6.45) is 26.4. The summed E-state index contributed by atoms with van der Waals surface area (Å²) in [7, 11) is -4.70. The first-order chi connectivity index (χ1) is 17.6. The van der Waals surface area contributed by atoms with Crippen molar-refractivity contribution in [2.75, 3.05) is 31.2 Å². The molecule has 0 fully saturated rings. The van der Waals surface area contributed by atoms with Gasteiger partial charge in [-0.25, -0.2) is 9.45 Å². The summed E-state index contributed by atoms with van der Waals surface area (Å²) in [4.78, 5) is 21.3. The molecule has 218 valence electrons. The first kappa shape index (κ1) is 36.3. The topological polar surface area (TPSA) is 106 Å². The third-order valence-electron chi connectivity index (χ3n) is 6.07. The van der Waals surface area contributed by atoms with E-state index in [0.717, 1.165) is 32.4 Å². The maximum atomic E-state index is 10.3.